The average Bonchev–Trinajstić information content (AvgIpc) is 2.55. The Balaban J connectivity index is 2.02. The molecule has 116 valence electrons. The number of para-hydroxylation sites is 1. The number of carbonyl (C=O) groups excluding carboxylic acids is 1. The van der Waals surface area contributed by atoms with Gasteiger partial charge in [0, 0.05) is 11.8 Å². The molecule has 2 rings (SSSR count). The third-order valence-corrected chi connectivity index (χ3v) is 3.38. The smallest absolute Gasteiger partial charge is 0.265 e. The predicted molar refractivity (Wildman–Crippen MR) is 87.5 cm³/mol. The Bertz CT molecular complexity index is 640. The highest BCUT2D eigenvalue weighted by molar-refractivity contribution is 5.94. The summed E-state index contributed by atoms with van der Waals surface area (Å²) in [5, 5.41) is 2.91. The van der Waals surface area contributed by atoms with Crippen molar-refractivity contribution in [2.45, 2.75) is 26.4 Å². The van der Waals surface area contributed by atoms with E-state index in [0.29, 0.717) is 11.5 Å². The maximum Gasteiger partial charge on any atom is 0.265 e. The Kier molecular flexibility index (Phi) is 5.42. The number of nitrogens with one attached hydrogen (secondary N) is 1. The first-order valence-corrected chi connectivity index (χ1v) is 7.33. The van der Waals surface area contributed by atoms with Crippen molar-refractivity contribution in [2.75, 3.05) is 12.4 Å². The van der Waals surface area contributed by atoms with Crippen LogP contribution in [0.4, 0.5) is 5.69 Å². The SMILES string of the molecule is CCc1ccccc1NC(=O)[C@H](C)Oc1cccc(OC)c1. The van der Waals surface area contributed by atoms with Crippen LogP contribution in [0.5, 0.6) is 11.5 Å². The zero-order valence-corrected chi connectivity index (χ0v) is 13.1. The minimum atomic E-state index is -0.600. The monoisotopic (exact) mass is 299 g/mol. The lowest BCUT2D eigenvalue weighted by Crippen LogP contribution is -2.30. The van der Waals surface area contributed by atoms with Crippen LogP contribution in [0.3, 0.4) is 0 Å². The van der Waals surface area contributed by atoms with Gasteiger partial charge < -0.3 is 14.8 Å². The summed E-state index contributed by atoms with van der Waals surface area (Å²) in [6.07, 6.45) is 0.263. The third kappa shape index (κ3) is 4.01. The second-order valence-corrected chi connectivity index (χ2v) is 4.94. The second-order valence-electron chi connectivity index (χ2n) is 4.94. The molecule has 4 heteroatoms. The molecule has 0 spiro atoms. The van der Waals surface area contributed by atoms with Gasteiger partial charge in [-0.25, -0.2) is 0 Å². The van der Waals surface area contributed by atoms with Crippen molar-refractivity contribution < 1.29 is 14.3 Å². The van der Waals surface area contributed by atoms with E-state index < -0.39 is 6.10 Å². The van der Waals surface area contributed by atoms with Crippen molar-refractivity contribution >= 4 is 11.6 Å². The predicted octanol–water partition coefficient (Wildman–Crippen LogP) is 3.66. The number of hydrogen-bond donors (Lipinski definition) is 1. The summed E-state index contributed by atoms with van der Waals surface area (Å²) >= 11 is 0. The molecule has 0 saturated carbocycles. The van der Waals surface area contributed by atoms with Gasteiger partial charge in [0.2, 0.25) is 0 Å². The Hall–Kier alpha value is -2.49. The molecule has 2 aromatic rings. The largest absolute Gasteiger partial charge is 0.497 e. The van der Waals surface area contributed by atoms with Crippen molar-refractivity contribution in [2.24, 2.45) is 0 Å². The molecule has 1 amide bonds. The number of carbonyl (C=O) groups is 1. The molecule has 1 atom stereocenters. The summed E-state index contributed by atoms with van der Waals surface area (Å²) in [7, 11) is 1.59. The van der Waals surface area contributed by atoms with E-state index in [4.69, 9.17) is 9.47 Å². The van der Waals surface area contributed by atoms with Crippen molar-refractivity contribution in [1.29, 1.82) is 0 Å². The van der Waals surface area contributed by atoms with Gasteiger partial charge in [-0.05, 0) is 37.1 Å². The molecule has 0 aliphatic rings. The molecule has 0 aliphatic heterocycles. The van der Waals surface area contributed by atoms with Crippen LogP contribution in [0.15, 0.2) is 48.5 Å². The summed E-state index contributed by atoms with van der Waals surface area (Å²) < 4.78 is 10.8. The normalized spacial score (nSPS) is 11.6. The van der Waals surface area contributed by atoms with Crippen molar-refractivity contribution in [3.8, 4) is 11.5 Å². The minimum absolute atomic E-state index is 0.177. The Labute approximate surface area is 131 Å². The van der Waals surface area contributed by atoms with E-state index in [1.54, 1.807) is 26.2 Å². The summed E-state index contributed by atoms with van der Waals surface area (Å²) in [5.41, 5.74) is 1.93. The van der Waals surface area contributed by atoms with E-state index in [0.717, 1.165) is 17.7 Å². The van der Waals surface area contributed by atoms with E-state index in [1.807, 2.05) is 36.4 Å². The molecule has 0 bridgehead atoms. The molecule has 0 unspecified atom stereocenters. The number of aryl methyl sites for hydroxylation is 1. The fourth-order valence-electron chi connectivity index (χ4n) is 2.12. The maximum atomic E-state index is 12.3. The van der Waals surface area contributed by atoms with Gasteiger partial charge in [0.25, 0.3) is 5.91 Å². The molecule has 1 N–H and O–H groups in total. The summed E-state index contributed by atoms with van der Waals surface area (Å²) in [5.74, 6) is 1.12. The summed E-state index contributed by atoms with van der Waals surface area (Å²) in [6.45, 7) is 3.78. The maximum absolute atomic E-state index is 12.3. The van der Waals surface area contributed by atoms with Crippen LogP contribution < -0.4 is 14.8 Å². The van der Waals surface area contributed by atoms with Crippen LogP contribution in [-0.4, -0.2) is 19.1 Å². The number of anilines is 1. The summed E-state index contributed by atoms with van der Waals surface area (Å²) in [4.78, 5) is 12.3. The summed E-state index contributed by atoms with van der Waals surface area (Å²) in [6, 6.07) is 15.0. The molecule has 0 saturated heterocycles. The Morgan fingerprint density at radius 1 is 1.14 bits per heavy atom. The van der Waals surface area contributed by atoms with Gasteiger partial charge in [-0.3, -0.25) is 4.79 Å². The van der Waals surface area contributed by atoms with Crippen LogP contribution in [0.25, 0.3) is 0 Å². The number of benzene rings is 2. The van der Waals surface area contributed by atoms with Crippen LogP contribution in [0.2, 0.25) is 0 Å². The van der Waals surface area contributed by atoms with Gasteiger partial charge in [-0.1, -0.05) is 31.2 Å². The lowest BCUT2D eigenvalue weighted by atomic mass is 10.1. The van der Waals surface area contributed by atoms with Crippen LogP contribution in [-0.2, 0) is 11.2 Å². The number of hydrogen-bond acceptors (Lipinski definition) is 3. The molecule has 22 heavy (non-hydrogen) atoms. The van der Waals surface area contributed by atoms with Gasteiger partial charge in [0.05, 0.1) is 7.11 Å². The minimum Gasteiger partial charge on any atom is -0.497 e. The quantitative estimate of drug-likeness (QED) is 0.885. The molecular weight excluding hydrogens is 278 g/mol. The zero-order valence-electron chi connectivity index (χ0n) is 13.1. The molecule has 0 fully saturated rings. The van der Waals surface area contributed by atoms with Gasteiger partial charge in [0.15, 0.2) is 6.10 Å². The van der Waals surface area contributed by atoms with Crippen molar-refractivity contribution in [3.05, 3.63) is 54.1 Å². The average molecular weight is 299 g/mol. The van der Waals surface area contributed by atoms with Crippen molar-refractivity contribution in [1.82, 2.24) is 0 Å². The highest BCUT2D eigenvalue weighted by atomic mass is 16.5. The van der Waals surface area contributed by atoms with E-state index >= 15 is 0 Å². The number of methoxy groups -OCH3 is 1. The fraction of sp³-hybridized carbons (Fsp3) is 0.278. The van der Waals surface area contributed by atoms with E-state index in [-0.39, 0.29) is 5.91 Å². The topological polar surface area (TPSA) is 47.6 Å². The molecule has 2 aromatic carbocycles. The van der Waals surface area contributed by atoms with Crippen LogP contribution in [0, 0.1) is 0 Å². The third-order valence-electron chi connectivity index (χ3n) is 3.38. The number of ether oxygens (including phenoxy) is 2. The van der Waals surface area contributed by atoms with Gasteiger partial charge in [-0.15, -0.1) is 0 Å². The lowest BCUT2D eigenvalue weighted by molar-refractivity contribution is -0.122. The highest BCUT2D eigenvalue weighted by Gasteiger charge is 2.16. The molecular formula is C18H21NO3. The van der Waals surface area contributed by atoms with Gasteiger partial charge >= 0.3 is 0 Å². The molecule has 0 radical (unpaired) electrons. The van der Waals surface area contributed by atoms with Gasteiger partial charge in [-0.2, -0.15) is 0 Å². The van der Waals surface area contributed by atoms with E-state index in [2.05, 4.69) is 12.2 Å². The van der Waals surface area contributed by atoms with Crippen molar-refractivity contribution in [3.63, 3.8) is 0 Å². The first kappa shape index (κ1) is 15.9. The lowest BCUT2D eigenvalue weighted by Gasteiger charge is -2.16. The standard InChI is InChI=1S/C18H21NO3/c1-4-14-8-5-6-11-17(14)19-18(20)13(2)22-16-10-7-9-15(12-16)21-3/h5-13H,4H2,1-3H3,(H,19,20)/t13-/m0/s1. The van der Waals surface area contributed by atoms with E-state index in [1.165, 1.54) is 0 Å². The highest BCUT2D eigenvalue weighted by Crippen LogP contribution is 2.21. The zero-order chi connectivity index (χ0) is 15.9. The number of rotatable bonds is 6. The van der Waals surface area contributed by atoms with Crippen LogP contribution in [0.1, 0.15) is 19.4 Å². The fourth-order valence-corrected chi connectivity index (χ4v) is 2.12. The molecule has 0 heterocycles. The Morgan fingerprint density at radius 3 is 2.59 bits per heavy atom. The Morgan fingerprint density at radius 2 is 1.86 bits per heavy atom. The first-order chi connectivity index (χ1) is 10.6. The molecule has 0 aromatic heterocycles. The molecule has 4 nitrogen and oxygen atoms in total. The molecule has 0 aliphatic carbocycles. The van der Waals surface area contributed by atoms with Gasteiger partial charge in [0.1, 0.15) is 11.5 Å². The first-order valence-electron chi connectivity index (χ1n) is 7.33. The van der Waals surface area contributed by atoms with E-state index in [9.17, 15) is 4.79 Å². The van der Waals surface area contributed by atoms with Crippen LogP contribution >= 0.6 is 0 Å². The second kappa shape index (κ2) is 7.50. The number of amides is 1.